The summed E-state index contributed by atoms with van der Waals surface area (Å²) in [5.41, 5.74) is 1.78. The zero-order valence-corrected chi connectivity index (χ0v) is 23.1. The molecule has 8 nitrogen and oxygen atoms in total. The van der Waals surface area contributed by atoms with Gasteiger partial charge in [0.15, 0.2) is 5.82 Å². The van der Waals surface area contributed by atoms with Crippen molar-refractivity contribution >= 4 is 47.2 Å². The first-order chi connectivity index (χ1) is 17.7. The number of hydrogen-bond donors (Lipinski definition) is 2. The van der Waals surface area contributed by atoms with Gasteiger partial charge >= 0.3 is 0 Å². The van der Waals surface area contributed by atoms with E-state index in [1.165, 1.54) is 18.3 Å². The number of hydrogen-bond acceptors (Lipinski definition) is 8. The van der Waals surface area contributed by atoms with Gasteiger partial charge in [-0.25, -0.2) is 9.37 Å². The Balaban J connectivity index is 1.58. The predicted molar refractivity (Wildman–Crippen MR) is 147 cm³/mol. The highest BCUT2D eigenvalue weighted by Gasteiger charge is 2.22. The number of aromatic nitrogens is 2. The smallest absolute Gasteiger partial charge is 0.229 e. The molecule has 37 heavy (non-hydrogen) atoms. The highest BCUT2D eigenvalue weighted by Crippen LogP contribution is 2.39. The standard InChI is InChI=1S/C26H32ClFN5O3P/c1-35-19-9-11-33(12-10-19)16-17-13-18(28)14-22(24(17)36-2)31-26-29-15-20(27)25(32-26)30-21-7-5-6-8-23(21)37(3,4)34/h5-8,13-15,19H,9-12,16H2,1-4H3,(H2,29,30,31,32). The summed E-state index contributed by atoms with van der Waals surface area (Å²) in [5, 5.41) is 7.22. The topological polar surface area (TPSA) is 88.6 Å². The van der Waals surface area contributed by atoms with Crippen LogP contribution in [0.1, 0.15) is 18.4 Å². The lowest BCUT2D eigenvalue weighted by molar-refractivity contribution is 0.0386. The highest BCUT2D eigenvalue weighted by atomic mass is 35.5. The quantitative estimate of drug-likeness (QED) is 0.334. The molecule has 1 fully saturated rings. The van der Waals surface area contributed by atoms with Crippen molar-refractivity contribution in [2.45, 2.75) is 25.5 Å². The molecular weight excluding hydrogens is 516 g/mol. The van der Waals surface area contributed by atoms with Gasteiger partial charge in [-0.2, -0.15) is 4.98 Å². The second kappa shape index (κ2) is 11.8. The Bertz CT molecular complexity index is 1300. The van der Waals surface area contributed by atoms with Crippen molar-refractivity contribution in [1.29, 1.82) is 0 Å². The van der Waals surface area contributed by atoms with E-state index in [1.54, 1.807) is 27.5 Å². The van der Waals surface area contributed by atoms with Gasteiger partial charge in [0.05, 0.1) is 30.8 Å². The molecule has 4 rings (SSSR count). The van der Waals surface area contributed by atoms with Crippen LogP contribution in [-0.2, 0) is 15.8 Å². The van der Waals surface area contributed by atoms with Gasteiger partial charge < -0.3 is 24.7 Å². The summed E-state index contributed by atoms with van der Waals surface area (Å²) in [6.45, 7) is 5.68. The average Bonchev–Trinajstić information content (AvgIpc) is 2.86. The van der Waals surface area contributed by atoms with Crippen LogP contribution in [0.2, 0.25) is 5.02 Å². The Labute approximate surface area is 221 Å². The first-order valence-electron chi connectivity index (χ1n) is 12.0. The van der Waals surface area contributed by atoms with E-state index in [4.69, 9.17) is 21.1 Å². The fourth-order valence-electron chi connectivity index (χ4n) is 4.46. The molecule has 11 heteroatoms. The first kappa shape index (κ1) is 27.3. The molecule has 1 aliphatic heterocycles. The monoisotopic (exact) mass is 547 g/mol. The molecule has 3 aromatic rings. The number of benzene rings is 2. The SMILES string of the molecule is COc1c(CN2CCC(OC)CC2)cc(F)cc1Nc1ncc(Cl)c(Nc2ccccc2P(C)(C)=O)n1. The van der Waals surface area contributed by atoms with Crippen molar-refractivity contribution in [2.24, 2.45) is 0 Å². The van der Waals surface area contributed by atoms with Crippen molar-refractivity contribution in [3.63, 3.8) is 0 Å². The van der Waals surface area contributed by atoms with Crippen LogP contribution in [0.5, 0.6) is 5.75 Å². The molecule has 0 bridgehead atoms. The van der Waals surface area contributed by atoms with Crippen molar-refractivity contribution in [2.75, 3.05) is 51.3 Å². The van der Waals surface area contributed by atoms with Crippen molar-refractivity contribution in [3.8, 4) is 5.75 Å². The van der Waals surface area contributed by atoms with Crippen molar-refractivity contribution in [1.82, 2.24) is 14.9 Å². The van der Waals surface area contributed by atoms with Gasteiger partial charge in [0, 0.05) is 43.7 Å². The average molecular weight is 548 g/mol. The number of nitrogens with one attached hydrogen (secondary N) is 2. The highest BCUT2D eigenvalue weighted by molar-refractivity contribution is 7.70. The fourth-order valence-corrected chi connectivity index (χ4v) is 5.75. The molecule has 0 atom stereocenters. The molecule has 2 N–H and O–H groups in total. The Kier molecular flexibility index (Phi) is 8.70. The van der Waals surface area contributed by atoms with Crippen LogP contribution in [0.25, 0.3) is 0 Å². The minimum absolute atomic E-state index is 0.205. The summed E-state index contributed by atoms with van der Waals surface area (Å²) in [6.07, 6.45) is 3.58. The number of nitrogens with zero attached hydrogens (tertiary/aromatic N) is 3. The molecular formula is C26H32ClFN5O3P. The normalized spacial score (nSPS) is 15.0. The largest absolute Gasteiger partial charge is 0.494 e. The van der Waals surface area contributed by atoms with E-state index in [-0.39, 0.29) is 17.1 Å². The van der Waals surface area contributed by atoms with E-state index in [9.17, 15) is 8.96 Å². The first-order valence-corrected chi connectivity index (χ1v) is 15.0. The Morgan fingerprint density at radius 2 is 1.86 bits per heavy atom. The minimum atomic E-state index is -2.55. The summed E-state index contributed by atoms with van der Waals surface area (Å²) in [6, 6.07) is 10.2. The molecule has 0 amide bonds. The zero-order chi connectivity index (χ0) is 26.6. The summed E-state index contributed by atoms with van der Waals surface area (Å²) >= 11 is 6.37. The van der Waals surface area contributed by atoms with Gasteiger partial charge in [-0.15, -0.1) is 0 Å². The lowest BCUT2D eigenvalue weighted by Gasteiger charge is -2.31. The lowest BCUT2D eigenvalue weighted by atomic mass is 10.1. The predicted octanol–water partition coefficient (Wildman–Crippen LogP) is 5.62. The molecule has 0 unspecified atom stereocenters. The number of likely N-dealkylation sites (tertiary alicyclic amines) is 1. The van der Waals surface area contributed by atoms with E-state index < -0.39 is 13.0 Å². The molecule has 1 saturated heterocycles. The minimum Gasteiger partial charge on any atom is -0.494 e. The third-order valence-corrected chi connectivity index (χ3v) is 8.15. The Hall–Kier alpha value is -2.71. The van der Waals surface area contributed by atoms with E-state index in [2.05, 4.69) is 25.5 Å². The molecule has 198 valence electrons. The molecule has 2 heterocycles. The second-order valence-corrected chi connectivity index (χ2v) is 13.0. The Morgan fingerprint density at radius 1 is 1.14 bits per heavy atom. The summed E-state index contributed by atoms with van der Waals surface area (Å²) in [7, 11) is 0.739. The molecule has 0 radical (unpaired) electrons. The number of para-hydroxylation sites is 1. The van der Waals surface area contributed by atoms with Gasteiger partial charge in [-0.05, 0) is 44.4 Å². The maximum atomic E-state index is 14.7. The van der Waals surface area contributed by atoms with Gasteiger partial charge in [0.2, 0.25) is 5.95 Å². The van der Waals surface area contributed by atoms with E-state index in [0.29, 0.717) is 34.8 Å². The fraction of sp³-hybridized carbons (Fsp3) is 0.385. The van der Waals surface area contributed by atoms with Crippen LogP contribution in [-0.4, -0.2) is 61.6 Å². The zero-order valence-electron chi connectivity index (χ0n) is 21.4. The van der Waals surface area contributed by atoms with E-state index in [0.717, 1.165) is 31.5 Å². The van der Waals surface area contributed by atoms with E-state index >= 15 is 0 Å². The summed E-state index contributed by atoms with van der Waals surface area (Å²) in [5.74, 6) is 0.660. The van der Waals surface area contributed by atoms with Crippen LogP contribution >= 0.6 is 18.7 Å². The third kappa shape index (κ3) is 6.79. The maximum absolute atomic E-state index is 14.7. The van der Waals surface area contributed by atoms with Crippen molar-refractivity contribution < 1.29 is 18.4 Å². The molecule has 0 aliphatic carbocycles. The lowest BCUT2D eigenvalue weighted by Crippen LogP contribution is -2.36. The van der Waals surface area contributed by atoms with E-state index in [1.807, 2.05) is 24.3 Å². The molecule has 1 aliphatic rings. The van der Waals surface area contributed by atoms with Crippen molar-refractivity contribution in [3.05, 3.63) is 59.0 Å². The number of rotatable bonds is 9. The van der Waals surface area contributed by atoms with Crippen LogP contribution < -0.4 is 20.7 Å². The maximum Gasteiger partial charge on any atom is 0.229 e. The van der Waals surface area contributed by atoms with Crippen LogP contribution in [0, 0.1) is 5.82 Å². The molecule has 1 aromatic heterocycles. The van der Waals surface area contributed by atoms with Gasteiger partial charge in [0.25, 0.3) is 0 Å². The number of ether oxygens (including phenoxy) is 2. The summed E-state index contributed by atoms with van der Waals surface area (Å²) < 4.78 is 38.6. The van der Waals surface area contributed by atoms with Crippen LogP contribution in [0.3, 0.4) is 0 Å². The second-order valence-electron chi connectivity index (χ2n) is 9.37. The van der Waals surface area contributed by atoms with Crippen LogP contribution in [0.15, 0.2) is 42.6 Å². The Morgan fingerprint density at radius 3 is 2.54 bits per heavy atom. The third-order valence-electron chi connectivity index (χ3n) is 6.32. The molecule has 0 saturated carbocycles. The number of piperidine rings is 1. The van der Waals surface area contributed by atoms with Gasteiger partial charge in [0.1, 0.15) is 23.7 Å². The number of halogens is 2. The van der Waals surface area contributed by atoms with Gasteiger partial charge in [-0.3, -0.25) is 4.90 Å². The molecule has 2 aromatic carbocycles. The van der Waals surface area contributed by atoms with Gasteiger partial charge in [-0.1, -0.05) is 23.7 Å². The number of methoxy groups -OCH3 is 2. The summed E-state index contributed by atoms with van der Waals surface area (Å²) in [4.78, 5) is 11.0. The number of anilines is 4. The molecule has 0 spiro atoms. The van der Waals surface area contributed by atoms with Crippen LogP contribution in [0.4, 0.5) is 27.5 Å².